The molecule has 4 rings (SSSR count). The largest absolute Gasteiger partial charge is 0.495 e. The maximum atomic E-state index is 13.6. The molecular weight excluding hydrogens is 491 g/mol. The van der Waals surface area contributed by atoms with Crippen molar-refractivity contribution in [3.05, 3.63) is 63.9 Å². The highest BCUT2D eigenvalue weighted by molar-refractivity contribution is 6.36. The van der Waals surface area contributed by atoms with Crippen molar-refractivity contribution < 1.29 is 14.3 Å². The number of nitrogen functional groups attached to an aromatic ring is 1. The van der Waals surface area contributed by atoms with Crippen LogP contribution in [0.4, 0.5) is 27.8 Å². The lowest BCUT2D eigenvalue weighted by Crippen LogP contribution is -2.31. The Morgan fingerprint density at radius 3 is 2.54 bits per heavy atom. The molecule has 0 radical (unpaired) electrons. The molecule has 2 amide bonds. The van der Waals surface area contributed by atoms with Crippen molar-refractivity contribution in [3.8, 4) is 5.75 Å². The van der Waals surface area contributed by atoms with Gasteiger partial charge in [0.15, 0.2) is 5.78 Å². The highest BCUT2D eigenvalue weighted by Crippen LogP contribution is 2.41. The van der Waals surface area contributed by atoms with Crippen molar-refractivity contribution in [3.63, 3.8) is 0 Å². The normalized spacial score (nSPS) is 14.6. The van der Waals surface area contributed by atoms with Crippen molar-refractivity contribution in [1.82, 2.24) is 9.97 Å². The zero-order valence-corrected chi connectivity index (χ0v) is 20.8. The maximum Gasteiger partial charge on any atom is 0.323 e. The minimum atomic E-state index is -0.563. The molecule has 3 aromatic rings. The average molecular weight is 515 g/mol. The maximum absolute atomic E-state index is 13.6. The monoisotopic (exact) mass is 514 g/mol. The molecule has 0 aliphatic carbocycles. The number of urea groups is 1. The molecule has 35 heavy (non-hydrogen) atoms. The number of methoxy groups -OCH3 is 1. The summed E-state index contributed by atoms with van der Waals surface area (Å²) in [6, 6.07) is 9.13. The molecule has 1 atom stereocenters. The second kappa shape index (κ2) is 9.97. The zero-order chi connectivity index (χ0) is 25.3. The van der Waals surface area contributed by atoms with Gasteiger partial charge in [-0.25, -0.2) is 14.8 Å². The molecule has 11 heteroatoms. The first-order valence-electron chi connectivity index (χ1n) is 10.8. The van der Waals surface area contributed by atoms with E-state index in [1.165, 1.54) is 19.5 Å². The van der Waals surface area contributed by atoms with Gasteiger partial charge in [-0.3, -0.25) is 4.79 Å². The number of hydrogen-bond acceptors (Lipinski definition) is 7. The number of nitrogens with two attached hydrogens (primary N) is 1. The minimum absolute atomic E-state index is 0.123. The van der Waals surface area contributed by atoms with Crippen LogP contribution < -0.4 is 26.0 Å². The van der Waals surface area contributed by atoms with Crippen LogP contribution in [0.1, 0.15) is 35.7 Å². The Kier molecular flexibility index (Phi) is 7.00. The zero-order valence-electron chi connectivity index (χ0n) is 19.3. The number of carbonyl (C=O) groups excluding carboxylic acids is 2. The first-order valence-corrected chi connectivity index (χ1v) is 11.6. The molecule has 9 nitrogen and oxygen atoms in total. The number of carbonyl (C=O) groups is 2. The van der Waals surface area contributed by atoms with E-state index in [0.29, 0.717) is 45.6 Å². The number of anilines is 4. The third-order valence-corrected chi connectivity index (χ3v) is 6.29. The molecule has 0 bridgehead atoms. The van der Waals surface area contributed by atoms with Gasteiger partial charge in [0.25, 0.3) is 0 Å². The van der Waals surface area contributed by atoms with Crippen LogP contribution >= 0.6 is 23.2 Å². The van der Waals surface area contributed by atoms with E-state index < -0.39 is 11.9 Å². The van der Waals surface area contributed by atoms with Crippen LogP contribution in [0, 0.1) is 0 Å². The van der Waals surface area contributed by atoms with Crippen molar-refractivity contribution >= 4 is 58.0 Å². The molecule has 1 aromatic heterocycles. The number of amides is 2. The second-order valence-electron chi connectivity index (χ2n) is 8.28. The van der Waals surface area contributed by atoms with Gasteiger partial charge in [-0.2, -0.15) is 0 Å². The predicted molar refractivity (Wildman–Crippen MR) is 138 cm³/mol. The van der Waals surface area contributed by atoms with E-state index in [1.807, 2.05) is 18.7 Å². The molecular formula is C24H24Cl2N6O3. The lowest BCUT2D eigenvalue weighted by molar-refractivity contribution is 0.0964. The number of Topliss-reactive ketones (excluding diaryl/α,β-unsaturated/α-hetero) is 1. The molecule has 0 spiro atoms. The Morgan fingerprint density at radius 2 is 1.86 bits per heavy atom. The van der Waals surface area contributed by atoms with Gasteiger partial charge < -0.3 is 26.0 Å². The quantitative estimate of drug-likeness (QED) is 0.385. The Labute approximate surface area is 212 Å². The lowest BCUT2D eigenvalue weighted by Gasteiger charge is -2.23. The van der Waals surface area contributed by atoms with E-state index in [0.717, 1.165) is 0 Å². The number of rotatable bonds is 6. The number of nitrogens with one attached hydrogen (secondary N) is 2. The van der Waals surface area contributed by atoms with Crippen molar-refractivity contribution in [2.75, 3.05) is 34.9 Å². The van der Waals surface area contributed by atoms with Gasteiger partial charge in [0.05, 0.1) is 29.4 Å². The summed E-state index contributed by atoms with van der Waals surface area (Å²) in [6.07, 6.45) is 1.40. The minimum Gasteiger partial charge on any atom is -0.495 e. The number of aromatic nitrogens is 2. The summed E-state index contributed by atoms with van der Waals surface area (Å²) in [5.74, 6) is 0.621. The van der Waals surface area contributed by atoms with E-state index in [1.54, 1.807) is 30.3 Å². The first-order chi connectivity index (χ1) is 16.7. The summed E-state index contributed by atoms with van der Waals surface area (Å²) < 4.78 is 5.37. The van der Waals surface area contributed by atoms with Crippen LogP contribution in [0.15, 0.2) is 42.7 Å². The fourth-order valence-corrected chi connectivity index (χ4v) is 4.49. The summed E-state index contributed by atoms with van der Waals surface area (Å²) in [7, 11) is 1.47. The van der Waals surface area contributed by atoms with Crippen LogP contribution in [-0.2, 0) is 0 Å². The van der Waals surface area contributed by atoms with E-state index in [2.05, 4.69) is 20.6 Å². The molecule has 2 aromatic carbocycles. The summed E-state index contributed by atoms with van der Waals surface area (Å²) in [4.78, 5) is 36.7. The van der Waals surface area contributed by atoms with E-state index in [4.69, 9.17) is 33.7 Å². The second-order valence-corrected chi connectivity index (χ2v) is 9.12. The van der Waals surface area contributed by atoms with Gasteiger partial charge in [-0.15, -0.1) is 0 Å². The number of hydrogen-bond donors (Lipinski definition) is 3. The summed E-state index contributed by atoms with van der Waals surface area (Å²) in [5, 5.41) is 6.11. The molecule has 1 unspecified atom stereocenters. The Hall–Kier alpha value is -3.56. The third-order valence-electron chi connectivity index (χ3n) is 5.74. The van der Waals surface area contributed by atoms with Gasteiger partial charge >= 0.3 is 6.03 Å². The number of ether oxygens (including phenoxy) is 1. The number of halogens is 2. The molecule has 182 valence electrons. The topological polar surface area (TPSA) is 122 Å². The third kappa shape index (κ3) is 4.96. The molecule has 1 aliphatic heterocycles. The van der Waals surface area contributed by atoms with Gasteiger partial charge in [0.1, 0.15) is 23.7 Å². The van der Waals surface area contributed by atoms with Gasteiger partial charge in [0.2, 0.25) is 0 Å². The lowest BCUT2D eigenvalue weighted by atomic mass is 9.93. The summed E-state index contributed by atoms with van der Waals surface area (Å²) >= 11 is 12.1. The van der Waals surface area contributed by atoms with Gasteiger partial charge in [0, 0.05) is 28.7 Å². The first kappa shape index (κ1) is 24.6. The van der Waals surface area contributed by atoms with Crippen LogP contribution in [0.2, 0.25) is 10.0 Å². The molecule has 0 saturated heterocycles. The highest BCUT2D eigenvalue weighted by atomic mass is 35.5. The van der Waals surface area contributed by atoms with Crippen LogP contribution in [0.25, 0.3) is 0 Å². The van der Waals surface area contributed by atoms with Crippen molar-refractivity contribution in [2.24, 2.45) is 0 Å². The molecule has 0 fully saturated rings. The van der Waals surface area contributed by atoms with Crippen LogP contribution in [0.3, 0.4) is 0 Å². The molecule has 2 heterocycles. The molecule has 1 aliphatic rings. The van der Waals surface area contributed by atoms with E-state index in [9.17, 15) is 9.59 Å². The van der Waals surface area contributed by atoms with E-state index in [-0.39, 0.29) is 22.7 Å². The highest BCUT2D eigenvalue weighted by Gasteiger charge is 2.38. The average Bonchev–Trinajstić information content (AvgIpc) is 3.22. The fraction of sp³-hybridized carbons (Fsp3) is 0.250. The summed E-state index contributed by atoms with van der Waals surface area (Å²) in [6.45, 7) is 4.48. The van der Waals surface area contributed by atoms with Gasteiger partial charge in [-0.1, -0.05) is 23.2 Å². The number of nitrogens with zero attached hydrogens (tertiary/aromatic N) is 3. The fourth-order valence-electron chi connectivity index (χ4n) is 4.03. The smallest absolute Gasteiger partial charge is 0.323 e. The Morgan fingerprint density at radius 1 is 1.11 bits per heavy atom. The number of benzene rings is 2. The van der Waals surface area contributed by atoms with Crippen molar-refractivity contribution in [2.45, 2.75) is 25.8 Å². The van der Waals surface area contributed by atoms with Crippen LogP contribution in [0.5, 0.6) is 5.75 Å². The summed E-state index contributed by atoms with van der Waals surface area (Å²) in [5.41, 5.74) is 7.84. The van der Waals surface area contributed by atoms with Crippen molar-refractivity contribution in [1.29, 1.82) is 0 Å². The number of fused-ring (bicyclic) bond motifs is 1. The molecule has 0 saturated carbocycles. The SMILES string of the molecule is COc1ccc(C(=O)C2CN(C(C)C)c3ncnc(N)c32)cc1NC(=O)Nc1ccc(Cl)cc1Cl. The Balaban J connectivity index is 1.60. The van der Waals surface area contributed by atoms with E-state index >= 15 is 0 Å². The number of ketones is 1. The van der Waals surface area contributed by atoms with Gasteiger partial charge in [-0.05, 0) is 50.2 Å². The predicted octanol–water partition coefficient (Wildman–Crippen LogP) is 5.21. The standard InChI is InChI=1S/C24H24Cl2N6O3/c1-12(2)32-10-15(20-22(27)28-11-29-23(20)32)21(33)13-4-7-19(35-3)18(8-13)31-24(34)30-17-6-5-14(25)9-16(17)26/h4-9,11-12,15H,10H2,1-3H3,(H2,27,28,29)(H2,30,31,34). The molecule has 4 N–H and O–H groups in total. The van der Waals surface area contributed by atoms with Crippen LogP contribution in [-0.4, -0.2) is 41.5 Å². The Bertz CT molecular complexity index is 1300.